The molecule has 2 nitrogen and oxygen atoms in total. The van der Waals surface area contributed by atoms with Gasteiger partial charge < -0.3 is 10.5 Å². The highest BCUT2D eigenvalue weighted by atomic mass is 16.5. The van der Waals surface area contributed by atoms with Gasteiger partial charge in [-0.15, -0.1) is 0 Å². The van der Waals surface area contributed by atoms with Gasteiger partial charge in [-0.3, -0.25) is 0 Å². The van der Waals surface area contributed by atoms with Gasteiger partial charge in [-0.05, 0) is 37.3 Å². The molecule has 1 unspecified atom stereocenters. The van der Waals surface area contributed by atoms with Crippen LogP contribution in [0.15, 0.2) is 35.9 Å². The molecule has 1 atom stereocenters. The lowest BCUT2D eigenvalue weighted by Gasteiger charge is -2.10. The fraction of sp³-hybridized carbons (Fsp3) is 0.467. The van der Waals surface area contributed by atoms with Gasteiger partial charge in [0.25, 0.3) is 0 Å². The smallest absolute Gasteiger partial charge is 0.122 e. The lowest BCUT2D eigenvalue weighted by atomic mass is 10.00. The summed E-state index contributed by atoms with van der Waals surface area (Å²) in [5.41, 5.74) is 8.76. The van der Waals surface area contributed by atoms with Crippen LogP contribution < -0.4 is 10.5 Å². The van der Waals surface area contributed by atoms with Gasteiger partial charge in [0.15, 0.2) is 0 Å². The molecule has 2 heteroatoms. The van der Waals surface area contributed by atoms with E-state index in [1.807, 2.05) is 12.1 Å². The van der Waals surface area contributed by atoms with Gasteiger partial charge in [-0.25, -0.2) is 0 Å². The molecule has 2 N–H and O–H groups in total. The predicted octanol–water partition coefficient (Wildman–Crippen LogP) is 3.07. The molecule has 1 aliphatic carbocycles. The Hall–Kier alpha value is -1.28. The van der Waals surface area contributed by atoms with E-state index in [2.05, 4.69) is 18.2 Å². The van der Waals surface area contributed by atoms with Gasteiger partial charge in [0.1, 0.15) is 5.75 Å². The fourth-order valence-corrected chi connectivity index (χ4v) is 2.44. The molecule has 0 spiro atoms. The second kappa shape index (κ2) is 5.87. The molecule has 92 valence electrons. The lowest BCUT2D eigenvalue weighted by molar-refractivity contribution is 0.410. The van der Waals surface area contributed by atoms with E-state index < -0.39 is 0 Å². The van der Waals surface area contributed by atoms with Crippen LogP contribution in [0.2, 0.25) is 0 Å². The van der Waals surface area contributed by atoms with Crippen molar-refractivity contribution in [2.75, 3.05) is 7.11 Å². The summed E-state index contributed by atoms with van der Waals surface area (Å²) >= 11 is 0. The number of nitrogens with two attached hydrogens (primary N) is 1. The summed E-state index contributed by atoms with van der Waals surface area (Å²) in [6.45, 7) is 0. The van der Waals surface area contributed by atoms with Gasteiger partial charge >= 0.3 is 0 Å². The molecule has 0 heterocycles. The summed E-state index contributed by atoms with van der Waals surface area (Å²) in [5.74, 6) is 0.978. The largest absolute Gasteiger partial charge is 0.496 e. The molecule has 1 aliphatic rings. The first-order valence-corrected chi connectivity index (χ1v) is 6.36. The maximum atomic E-state index is 6.04. The van der Waals surface area contributed by atoms with Crippen LogP contribution in [0.3, 0.4) is 0 Å². The zero-order chi connectivity index (χ0) is 12.1. The number of ether oxygens (including phenoxy) is 1. The Bertz CT molecular complexity index is 398. The van der Waals surface area contributed by atoms with E-state index in [1.165, 1.54) is 30.4 Å². The number of rotatable bonds is 3. The predicted molar refractivity (Wildman–Crippen MR) is 71.2 cm³/mol. The van der Waals surface area contributed by atoms with Gasteiger partial charge in [0.2, 0.25) is 0 Å². The van der Waals surface area contributed by atoms with Crippen molar-refractivity contribution in [3.63, 3.8) is 0 Å². The van der Waals surface area contributed by atoms with E-state index in [-0.39, 0.29) is 6.04 Å². The minimum absolute atomic E-state index is 0.238. The minimum Gasteiger partial charge on any atom is -0.496 e. The van der Waals surface area contributed by atoms with E-state index >= 15 is 0 Å². The van der Waals surface area contributed by atoms with Crippen molar-refractivity contribution in [3.05, 3.63) is 41.5 Å². The molecule has 0 bridgehead atoms. The maximum Gasteiger partial charge on any atom is 0.122 e. The number of hydrogen-bond donors (Lipinski definition) is 1. The Labute approximate surface area is 103 Å². The molecule has 0 aliphatic heterocycles. The zero-order valence-corrected chi connectivity index (χ0v) is 10.5. The van der Waals surface area contributed by atoms with Crippen molar-refractivity contribution in [3.8, 4) is 5.75 Å². The summed E-state index contributed by atoms with van der Waals surface area (Å²) in [4.78, 5) is 0. The summed E-state index contributed by atoms with van der Waals surface area (Å²) in [5, 5.41) is 0. The molecule has 1 aromatic carbocycles. The third-order valence-electron chi connectivity index (χ3n) is 3.35. The van der Waals surface area contributed by atoms with Crippen LogP contribution in [0.25, 0.3) is 0 Å². The average molecular weight is 231 g/mol. The highest BCUT2D eigenvalue weighted by molar-refractivity contribution is 5.36. The quantitative estimate of drug-likeness (QED) is 0.811. The molecule has 0 aromatic heterocycles. The first-order chi connectivity index (χ1) is 8.29. The molecule has 2 rings (SSSR count). The molecule has 0 amide bonds. The molecule has 1 aromatic rings. The number of methoxy groups -OCH3 is 1. The first-order valence-electron chi connectivity index (χ1n) is 6.36. The average Bonchev–Trinajstić information content (AvgIpc) is 2.54. The maximum absolute atomic E-state index is 6.04. The van der Waals surface area contributed by atoms with Crippen LogP contribution in [0, 0.1) is 0 Å². The summed E-state index contributed by atoms with van der Waals surface area (Å²) in [7, 11) is 1.73. The molecule has 0 fully saturated rings. The Kier molecular flexibility index (Phi) is 4.21. The van der Waals surface area contributed by atoms with Gasteiger partial charge in [-0.1, -0.05) is 36.3 Å². The Morgan fingerprint density at radius 3 is 2.94 bits per heavy atom. The number of benzene rings is 1. The van der Waals surface area contributed by atoms with Crippen LogP contribution in [-0.2, 0) is 6.42 Å². The van der Waals surface area contributed by atoms with E-state index in [1.54, 1.807) is 7.11 Å². The molecular formula is C15H21NO. The molecule has 0 saturated heterocycles. The second-order valence-corrected chi connectivity index (χ2v) is 4.72. The molecule has 17 heavy (non-hydrogen) atoms. The van der Waals surface area contributed by atoms with Gasteiger partial charge in [-0.2, -0.15) is 0 Å². The summed E-state index contributed by atoms with van der Waals surface area (Å²) in [6, 6.07) is 8.47. The fourth-order valence-electron chi connectivity index (χ4n) is 2.44. The summed E-state index contributed by atoms with van der Waals surface area (Å²) in [6.07, 6.45) is 8.01. The topological polar surface area (TPSA) is 35.2 Å². The van der Waals surface area contributed by atoms with Gasteiger partial charge in [0, 0.05) is 6.04 Å². The first kappa shape index (κ1) is 12.2. The molecule has 0 saturated carbocycles. The lowest BCUT2D eigenvalue weighted by Crippen LogP contribution is -2.16. The monoisotopic (exact) mass is 231 g/mol. The summed E-state index contributed by atoms with van der Waals surface area (Å²) < 4.78 is 5.39. The van der Waals surface area contributed by atoms with E-state index in [4.69, 9.17) is 10.5 Å². The number of allylic oxidation sites excluding steroid dienone is 1. The minimum atomic E-state index is 0.238. The van der Waals surface area contributed by atoms with Crippen molar-refractivity contribution in [2.45, 2.75) is 38.1 Å². The van der Waals surface area contributed by atoms with Crippen LogP contribution >= 0.6 is 0 Å². The van der Waals surface area contributed by atoms with E-state index in [9.17, 15) is 0 Å². The van der Waals surface area contributed by atoms with Crippen molar-refractivity contribution in [1.29, 1.82) is 0 Å². The van der Waals surface area contributed by atoms with Crippen LogP contribution in [0.4, 0.5) is 0 Å². The normalized spacial score (nSPS) is 20.6. The van der Waals surface area contributed by atoms with Crippen molar-refractivity contribution < 1.29 is 4.74 Å². The zero-order valence-electron chi connectivity index (χ0n) is 10.5. The van der Waals surface area contributed by atoms with E-state index in [0.29, 0.717) is 0 Å². The molecule has 0 radical (unpaired) electrons. The standard InChI is InChI=1S/C15H21NO/c1-17-15-9-5-3-7-13(15)10-12-6-2-4-8-14(16)11-12/h3,5,7,9,11,14H,2,4,6,8,10,16H2,1H3. The van der Waals surface area contributed by atoms with Crippen LogP contribution in [-0.4, -0.2) is 13.2 Å². The second-order valence-electron chi connectivity index (χ2n) is 4.72. The molecular weight excluding hydrogens is 210 g/mol. The van der Waals surface area contributed by atoms with Crippen LogP contribution in [0.5, 0.6) is 5.75 Å². The van der Waals surface area contributed by atoms with Crippen molar-refractivity contribution in [1.82, 2.24) is 0 Å². The number of para-hydroxylation sites is 1. The highest BCUT2D eigenvalue weighted by Gasteiger charge is 2.10. The highest BCUT2D eigenvalue weighted by Crippen LogP contribution is 2.25. The van der Waals surface area contributed by atoms with Crippen molar-refractivity contribution in [2.24, 2.45) is 5.73 Å². The Morgan fingerprint density at radius 2 is 2.12 bits per heavy atom. The Balaban J connectivity index is 2.13. The SMILES string of the molecule is COc1ccccc1CC1=CC(N)CCCC1. The third-order valence-corrected chi connectivity index (χ3v) is 3.35. The Morgan fingerprint density at radius 1 is 1.29 bits per heavy atom. The number of hydrogen-bond acceptors (Lipinski definition) is 2. The third kappa shape index (κ3) is 3.34. The van der Waals surface area contributed by atoms with Crippen LogP contribution in [0.1, 0.15) is 31.2 Å². The van der Waals surface area contributed by atoms with E-state index in [0.717, 1.165) is 18.6 Å². The van der Waals surface area contributed by atoms with Gasteiger partial charge in [0.05, 0.1) is 7.11 Å². The van der Waals surface area contributed by atoms with Crippen molar-refractivity contribution >= 4 is 0 Å².